The standard InChI is InChI=1S/C21H31ClN6O4/c22-12-18(30)16(3-1-9-26-21(24)25)27-19(31)17-4-2-10-28(17)20(32)15(23)11-13-5-7-14(29)8-6-13/h5-8,15-17,29H,1-4,9-12,23H2,(H,27,31)(H4,24,25,26)/t15-,16?,17+/m1/s1. The third-order valence-electron chi connectivity index (χ3n) is 5.33. The van der Waals surface area contributed by atoms with Gasteiger partial charge in [0.1, 0.15) is 11.8 Å². The molecule has 2 amide bonds. The SMILES string of the molecule is NC(N)=NCCCC(NC(=O)[C@@H]1CCCN1C(=O)[C@H](N)Cc1ccc(O)cc1)C(=O)CCl. The minimum atomic E-state index is -0.826. The van der Waals surface area contributed by atoms with Crippen LogP contribution in [-0.2, 0) is 20.8 Å². The molecule has 0 radical (unpaired) electrons. The molecule has 10 nitrogen and oxygen atoms in total. The lowest BCUT2D eigenvalue weighted by Gasteiger charge is -2.28. The molecule has 0 spiro atoms. The second-order valence-corrected chi connectivity index (χ2v) is 8.04. The van der Waals surface area contributed by atoms with Crippen molar-refractivity contribution in [1.29, 1.82) is 0 Å². The van der Waals surface area contributed by atoms with Crippen molar-refractivity contribution < 1.29 is 19.5 Å². The monoisotopic (exact) mass is 466 g/mol. The van der Waals surface area contributed by atoms with Gasteiger partial charge in [0, 0.05) is 13.1 Å². The van der Waals surface area contributed by atoms with Gasteiger partial charge in [-0.2, -0.15) is 0 Å². The summed E-state index contributed by atoms with van der Waals surface area (Å²) in [5.41, 5.74) is 17.5. The van der Waals surface area contributed by atoms with Crippen LogP contribution >= 0.6 is 11.6 Å². The lowest BCUT2D eigenvalue weighted by molar-refractivity contribution is -0.140. The first kappa shape index (κ1) is 25.4. The molecule has 8 N–H and O–H groups in total. The number of ketones is 1. The van der Waals surface area contributed by atoms with Crippen LogP contribution in [0.25, 0.3) is 0 Å². The molecule has 0 saturated carbocycles. The van der Waals surface area contributed by atoms with E-state index in [-0.39, 0.29) is 35.7 Å². The Labute approximate surface area is 192 Å². The molecule has 1 aliphatic rings. The van der Waals surface area contributed by atoms with Gasteiger partial charge in [0.2, 0.25) is 11.8 Å². The predicted octanol–water partition coefficient (Wildman–Crippen LogP) is -0.401. The van der Waals surface area contributed by atoms with E-state index in [4.69, 9.17) is 28.8 Å². The molecule has 1 unspecified atom stereocenters. The number of phenols is 1. The first-order valence-corrected chi connectivity index (χ1v) is 11.0. The average Bonchev–Trinajstić information content (AvgIpc) is 3.26. The fourth-order valence-electron chi connectivity index (χ4n) is 3.67. The number of hydrogen-bond donors (Lipinski definition) is 5. The van der Waals surface area contributed by atoms with Gasteiger partial charge in [-0.1, -0.05) is 12.1 Å². The first-order valence-electron chi connectivity index (χ1n) is 10.5. The number of alkyl halides is 1. The Kier molecular flexibility index (Phi) is 9.73. The Balaban J connectivity index is 1.98. The molecule has 0 bridgehead atoms. The molecule has 0 aromatic heterocycles. The normalized spacial score (nSPS) is 17.4. The van der Waals surface area contributed by atoms with Gasteiger partial charge in [-0.15, -0.1) is 11.6 Å². The van der Waals surface area contributed by atoms with Crippen LogP contribution in [0.2, 0.25) is 0 Å². The highest BCUT2D eigenvalue weighted by Gasteiger charge is 2.37. The number of nitrogens with two attached hydrogens (primary N) is 3. The molecule has 1 heterocycles. The van der Waals surface area contributed by atoms with Gasteiger partial charge in [-0.05, 0) is 49.8 Å². The van der Waals surface area contributed by atoms with E-state index in [1.807, 2.05) is 0 Å². The highest BCUT2D eigenvalue weighted by atomic mass is 35.5. The van der Waals surface area contributed by atoms with E-state index in [0.717, 1.165) is 5.56 Å². The number of amides is 2. The van der Waals surface area contributed by atoms with E-state index < -0.39 is 24.0 Å². The summed E-state index contributed by atoms with van der Waals surface area (Å²) in [5, 5.41) is 12.1. The molecule has 1 aliphatic heterocycles. The number of carbonyl (C=O) groups is 3. The van der Waals surface area contributed by atoms with Crippen LogP contribution in [-0.4, -0.2) is 70.7 Å². The third kappa shape index (κ3) is 7.38. The summed E-state index contributed by atoms with van der Waals surface area (Å²) >= 11 is 5.70. The number of carbonyl (C=O) groups excluding carboxylic acids is 3. The van der Waals surface area contributed by atoms with Gasteiger partial charge >= 0.3 is 0 Å². The van der Waals surface area contributed by atoms with Crippen molar-refractivity contribution in [3.8, 4) is 5.75 Å². The average molecular weight is 467 g/mol. The van der Waals surface area contributed by atoms with Crippen molar-refractivity contribution >= 4 is 35.2 Å². The van der Waals surface area contributed by atoms with Crippen molar-refractivity contribution in [3.05, 3.63) is 29.8 Å². The Morgan fingerprint density at radius 3 is 2.56 bits per heavy atom. The van der Waals surface area contributed by atoms with Gasteiger partial charge in [0.25, 0.3) is 0 Å². The van der Waals surface area contributed by atoms with Gasteiger partial charge in [0.05, 0.1) is 18.0 Å². The quantitative estimate of drug-likeness (QED) is 0.127. The van der Waals surface area contributed by atoms with E-state index in [1.54, 1.807) is 12.1 Å². The smallest absolute Gasteiger partial charge is 0.243 e. The van der Waals surface area contributed by atoms with Crippen LogP contribution in [0.3, 0.4) is 0 Å². The summed E-state index contributed by atoms with van der Waals surface area (Å²) < 4.78 is 0. The van der Waals surface area contributed by atoms with Crippen LogP contribution in [0.4, 0.5) is 0 Å². The summed E-state index contributed by atoms with van der Waals surface area (Å²) in [7, 11) is 0. The zero-order valence-electron chi connectivity index (χ0n) is 17.9. The lowest BCUT2D eigenvalue weighted by atomic mass is 10.0. The molecule has 0 aliphatic carbocycles. The zero-order chi connectivity index (χ0) is 23.7. The molecule has 3 atom stereocenters. The lowest BCUT2D eigenvalue weighted by Crippen LogP contribution is -2.54. The Morgan fingerprint density at radius 1 is 1.25 bits per heavy atom. The Bertz CT molecular complexity index is 828. The maximum atomic E-state index is 12.9. The van der Waals surface area contributed by atoms with Gasteiger partial charge < -0.3 is 32.5 Å². The topological polar surface area (TPSA) is 177 Å². The number of aromatic hydroxyl groups is 1. The molecular formula is C21H31ClN6O4. The highest BCUT2D eigenvalue weighted by Crippen LogP contribution is 2.20. The van der Waals surface area contributed by atoms with Crippen LogP contribution in [0.15, 0.2) is 29.3 Å². The van der Waals surface area contributed by atoms with Gasteiger partial charge in [0.15, 0.2) is 11.7 Å². The third-order valence-corrected chi connectivity index (χ3v) is 5.59. The van der Waals surface area contributed by atoms with E-state index >= 15 is 0 Å². The highest BCUT2D eigenvalue weighted by molar-refractivity contribution is 6.28. The summed E-state index contributed by atoms with van der Waals surface area (Å²) in [6, 6.07) is 4.14. The molecule has 11 heteroatoms. The van der Waals surface area contributed by atoms with E-state index in [0.29, 0.717) is 38.8 Å². The van der Waals surface area contributed by atoms with Crippen molar-refractivity contribution in [2.75, 3.05) is 19.0 Å². The van der Waals surface area contributed by atoms with Crippen molar-refractivity contribution in [1.82, 2.24) is 10.2 Å². The fourth-order valence-corrected chi connectivity index (χ4v) is 3.85. The number of rotatable bonds is 11. The minimum absolute atomic E-state index is 0.0435. The van der Waals surface area contributed by atoms with Crippen molar-refractivity contribution in [3.63, 3.8) is 0 Å². The van der Waals surface area contributed by atoms with E-state index in [2.05, 4.69) is 10.3 Å². The second-order valence-electron chi connectivity index (χ2n) is 7.78. The van der Waals surface area contributed by atoms with Crippen molar-refractivity contribution in [2.24, 2.45) is 22.2 Å². The van der Waals surface area contributed by atoms with E-state index in [9.17, 15) is 19.5 Å². The molecule has 32 heavy (non-hydrogen) atoms. The summed E-state index contributed by atoms with van der Waals surface area (Å²) in [6.45, 7) is 0.739. The Hall–Kier alpha value is -2.85. The number of halogens is 1. The largest absolute Gasteiger partial charge is 0.508 e. The summed E-state index contributed by atoms with van der Waals surface area (Å²) in [5.74, 6) is -1.20. The number of phenolic OH excluding ortho intramolecular Hbond substituents is 1. The van der Waals surface area contributed by atoms with Crippen molar-refractivity contribution in [2.45, 2.75) is 50.2 Å². The maximum absolute atomic E-state index is 12.9. The fraction of sp³-hybridized carbons (Fsp3) is 0.524. The first-order chi connectivity index (χ1) is 15.2. The van der Waals surface area contributed by atoms with Crippen LogP contribution < -0.4 is 22.5 Å². The number of nitrogens with one attached hydrogen (secondary N) is 1. The zero-order valence-corrected chi connectivity index (χ0v) is 18.6. The number of likely N-dealkylation sites (tertiary alicyclic amines) is 1. The number of aliphatic imine (C=N–C) groups is 1. The van der Waals surface area contributed by atoms with Crippen LogP contribution in [0.5, 0.6) is 5.75 Å². The number of guanidine groups is 1. The molecule has 1 fully saturated rings. The molecule has 1 aromatic rings. The molecule has 2 rings (SSSR count). The summed E-state index contributed by atoms with van der Waals surface area (Å²) in [6.07, 6.45) is 2.24. The van der Waals surface area contributed by atoms with Gasteiger partial charge in [-0.3, -0.25) is 19.4 Å². The minimum Gasteiger partial charge on any atom is -0.508 e. The van der Waals surface area contributed by atoms with Crippen LogP contribution in [0.1, 0.15) is 31.2 Å². The maximum Gasteiger partial charge on any atom is 0.243 e. The molecule has 1 aromatic carbocycles. The predicted molar refractivity (Wildman–Crippen MR) is 122 cm³/mol. The number of hydrogen-bond acceptors (Lipinski definition) is 6. The summed E-state index contributed by atoms with van der Waals surface area (Å²) in [4.78, 5) is 43.4. The van der Waals surface area contributed by atoms with Crippen LogP contribution in [0, 0.1) is 0 Å². The van der Waals surface area contributed by atoms with E-state index in [1.165, 1.54) is 17.0 Å². The second kappa shape index (κ2) is 12.3. The Morgan fingerprint density at radius 2 is 1.94 bits per heavy atom. The number of Topliss-reactive ketones (excluding diaryl/α,β-unsaturated/α-hetero) is 1. The number of nitrogens with zero attached hydrogens (tertiary/aromatic N) is 2. The van der Waals surface area contributed by atoms with Gasteiger partial charge in [-0.25, -0.2) is 0 Å². The number of benzene rings is 1. The molecule has 1 saturated heterocycles. The molecular weight excluding hydrogens is 436 g/mol. The molecule has 176 valence electrons.